The highest BCUT2D eigenvalue weighted by atomic mass is 16.5. The number of ether oxygens (including phenoxy) is 1. The molecule has 2 atom stereocenters. The van der Waals surface area contributed by atoms with E-state index in [1.165, 1.54) is 35.6 Å². The molecule has 0 amide bonds. The molecule has 2 unspecified atom stereocenters. The first-order valence-corrected chi connectivity index (χ1v) is 8.00. The van der Waals surface area contributed by atoms with Crippen molar-refractivity contribution >= 4 is 10.8 Å². The van der Waals surface area contributed by atoms with Crippen molar-refractivity contribution in [3.05, 3.63) is 42.2 Å². The monoisotopic (exact) mass is 284 g/mol. The molecule has 0 aliphatic carbocycles. The standard InChI is InChI=1S/C18H24N2O/c1-19-18(9-8-15-6-2-3-12-21-15)17-7-4-5-14-13-20-11-10-16(14)17/h4-5,7,10-11,13,15,18-19H,2-3,6,8-9,12H2,1H3. The third-order valence-electron chi connectivity index (χ3n) is 4.49. The fourth-order valence-electron chi connectivity index (χ4n) is 3.29. The molecule has 1 aliphatic rings. The quantitative estimate of drug-likeness (QED) is 0.905. The summed E-state index contributed by atoms with van der Waals surface area (Å²) < 4.78 is 5.86. The molecule has 2 aromatic rings. The molecule has 0 bridgehead atoms. The van der Waals surface area contributed by atoms with Gasteiger partial charge in [0.05, 0.1) is 6.10 Å². The van der Waals surface area contributed by atoms with E-state index in [1.807, 2.05) is 19.4 Å². The third-order valence-corrected chi connectivity index (χ3v) is 4.49. The molecule has 0 spiro atoms. The van der Waals surface area contributed by atoms with Crippen LogP contribution in [0.25, 0.3) is 10.8 Å². The van der Waals surface area contributed by atoms with Gasteiger partial charge in [-0.3, -0.25) is 4.98 Å². The van der Waals surface area contributed by atoms with Crippen molar-refractivity contribution in [2.75, 3.05) is 13.7 Å². The minimum Gasteiger partial charge on any atom is -0.378 e. The number of fused-ring (bicyclic) bond motifs is 1. The average Bonchev–Trinajstić information content (AvgIpc) is 2.56. The molecule has 21 heavy (non-hydrogen) atoms. The SMILES string of the molecule is CNC(CCC1CCCCO1)c1cccc2cnccc12. The van der Waals surface area contributed by atoms with Crippen LogP contribution in [0.2, 0.25) is 0 Å². The van der Waals surface area contributed by atoms with Gasteiger partial charge in [-0.15, -0.1) is 0 Å². The molecule has 0 saturated carbocycles. The summed E-state index contributed by atoms with van der Waals surface area (Å²) in [4.78, 5) is 4.22. The van der Waals surface area contributed by atoms with Crippen LogP contribution in [0.15, 0.2) is 36.7 Å². The molecule has 112 valence electrons. The van der Waals surface area contributed by atoms with E-state index >= 15 is 0 Å². The molecule has 1 aliphatic heterocycles. The highest BCUT2D eigenvalue weighted by Crippen LogP contribution is 2.28. The van der Waals surface area contributed by atoms with Crippen LogP contribution in [0.4, 0.5) is 0 Å². The molecule has 1 N–H and O–H groups in total. The van der Waals surface area contributed by atoms with Crippen LogP contribution in [0.5, 0.6) is 0 Å². The van der Waals surface area contributed by atoms with Crippen LogP contribution in [-0.4, -0.2) is 24.7 Å². The highest BCUT2D eigenvalue weighted by Gasteiger charge is 2.18. The number of nitrogens with zero attached hydrogens (tertiary/aromatic N) is 1. The zero-order valence-electron chi connectivity index (χ0n) is 12.7. The molecule has 3 heteroatoms. The summed E-state index contributed by atoms with van der Waals surface area (Å²) in [7, 11) is 2.05. The Balaban J connectivity index is 1.75. The van der Waals surface area contributed by atoms with Crippen molar-refractivity contribution in [3.8, 4) is 0 Å². The van der Waals surface area contributed by atoms with Gasteiger partial charge < -0.3 is 10.1 Å². The second kappa shape index (κ2) is 7.01. The maximum Gasteiger partial charge on any atom is 0.0575 e. The van der Waals surface area contributed by atoms with Gasteiger partial charge in [0.1, 0.15) is 0 Å². The van der Waals surface area contributed by atoms with Crippen LogP contribution >= 0.6 is 0 Å². The summed E-state index contributed by atoms with van der Waals surface area (Å²) in [6.07, 6.45) is 10.3. The van der Waals surface area contributed by atoms with Gasteiger partial charge in [0.15, 0.2) is 0 Å². The van der Waals surface area contributed by atoms with E-state index in [-0.39, 0.29) is 0 Å². The Morgan fingerprint density at radius 3 is 3.10 bits per heavy atom. The van der Waals surface area contributed by atoms with Crippen LogP contribution in [0, 0.1) is 0 Å². The van der Waals surface area contributed by atoms with Gasteiger partial charge >= 0.3 is 0 Å². The maximum absolute atomic E-state index is 5.86. The molecular weight excluding hydrogens is 260 g/mol. The molecule has 3 nitrogen and oxygen atoms in total. The van der Waals surface area contributed by atoms with E-state index in [2.05, 4.69) is 34.6 Å². The Hall–Kier alpha value is -1.45. The number of aromatic nitrogens is 1. The predicted molar refractivity (Wildman–Crippen MR) is 86.4 cm³/mol. The van der Waals surface area contributed by atoms with Gasteiger partial charge in [-0.1, -0.05) is 18.2 Å². The van der Waals surface area contributed by atoms with Crippen LogP contribution in [-0.2, 0) is 4.74 Å². The van der Waals surface area contributed by atoms with Crippen molar-refractivity contribution < 1.29 is 4.74 Å². The van der Waals surface area contributed by atoms with Crippen LogP contribution < -0.4 is 5.32 Å². The van der Waals surface area contributed by atoms with Gasteiger partial charge in [0.25, 0.3) is 0 Å². The minimum atomic E-state index is 0.377. The average molecular weight is 284 g/mol. The summed E-state index contributed by atoms with van der Waals surface area (Å²) >= 11 is 0. The molecule has 1 saturated heterocycles. The first kappa shape index (κ1) is 14.5. The number of rotatable bonds is 5. The first-order chi connectivity index (χ1) is 10.4. The number of hydrogen-bond acceptors (Lipinski definition) is 3. The molecule has 3 rings (SSSR count). The number of pyridine rings is 1. The van der Waals surface area contributed by atoms with Gasteiger partial charge in [0, 0.05) is 30.4 Å². The number of nitrogens with one attached hydrogen (secondary N) is 1. The minimum absolute atomic E-state index is 0.377. The zero-order valence-corrected chi connectivity index (χ0v) is 12.7. The van der Waals surface area contributed by atoms with E-state index < -0.39 is 0 Å². The van der Waals surface area contributed by atoms with Crippen LogP contribution in [0.3, 0.4) is 0 Å². The lowest BCUT2D eigenvalue weighted by molar-refractivity contribution is 0.00868. The van der Waals surface area contributed by atoms with Crippen molar-refractivity contribution in [1.82, 2.24) is 10.3 Å². The summed E-state index contributed by atoms with van der Waals surface area (Å²) in [5, 5.41) is 5.99. The van der Waals surface area contributed by atoms with Gasteiger partial charge in [-0.05, 0) is 56.2 Å². The van der Waals surface area contributed by atoms with E-state index in [4.69, 9.17) is 4.74 Å². The molecule has 0 radical (unpaired) electrons. The second-order valence-electron chi connectivity index (χ2n) is 5.85. The Morgan fingerprint density at radius 1 is 1.33 bits per heavy atom. The Labute approximate surface area is 126 Å². The Kier molecular flexibility index (Phi) is 4.84. The largest absolute Gasteiger partial charge is 0.378 e. The normalized spacial score (nSPS) is 20.5. The third kappa shape index (κ3) is 3.42. The van der Waals surface area contributed by atoms with Crippen molar-refractivity contribution in [2.24, 2.45) is 0 Å². The molecule has 2 heterocycles. The number of hydrogen-bond donors (Lipinski definition) is 1. The topological polar surface area (TPSA) is 34.1 Å². The predicted octanol–water partition coefficient (Wildman–Crippen LogP) is 3.84. The lowest BCUT2D eigenvalue weighted by Gasteiger charge is -2.25. The lowest BCUT2D eigenvalue weighted by Crippen LogP contribution is -2.23. The summed E-state index contributed by atoms with van der Waals surface area (Å²) in [6.45, 7) is 0.939. The van der Waals surface area contributed by atoms with Gasteiger partial charge in [-0.25, -0.2) is 0 Å². The van der Waals surface area contributed by atoms with Crippen molar-refractivity contribution in [2.45, 2.75) is 44.2 Å². The van der Waals surface area contributed by atoms with Crippen LogP contribution in [0.1, 0.15) is 43.7 Å². The van der Waals surface area contributed by atoms with Crippen molar-refractivity contribution in [3.63, 3.8) is 0 Å². The fourth-order valence-corrected chi connectivity index (χ4v) is 3.29. The zero-order chi connectivity index (χ0) is 14.5. The highest BCUT2D eigenvalue weighted by molar-refractivity contribution is 5.85. The Bertz CT molecular complexity index is 573. The van der Waals surface area contributed by atoms with Gasteiger partial charge in [0.2, 0.25) is 0 Å². The molecule has 1 fully saturated rings. The Morgan fingerprint density at radius 2 is 2.29 bits per heavy atom. The summed E-state index contributed by atoms with van der Waals surface area (Å²) in [5.74, 6) is 0. The van der Waals surface area contributed by atoms with E-state index in [9.17, 15) is 0 Å². The lowest BCUT2D eigenvalue weighted by atomic mass is 9.94. The summed E-state index contributed by atoms with van der Waals surface area (Å²) in [5.41, 5.74) is 1.37. The summed E-state index contributed by atoms with van der Waals surface area (Å²) in [6, 6.07) is 8.97. The molecule has 1 aromatic carbocycles. The number of benzene rings is 1. The van der Waals surface area contributed by atoms with Crippen molar-refractivity contribution in [1.29, 1.82) is 0 Å². The van der Waals surface area contributed by atoms with E-state index in [0.717, 1.165) is 19.4 Å². The fraction of sp³-hybridized carbons (Fsp3) is 0.500. The smallest absolute Gasteiger partial charge is 0.0575 e. The van der Waals surface area contributed by atoms with E-state index in [1.54, 1.807) is 0 Å². The van der Waals surface area contributed by atoms with Gasteiger partial charge in [-0.2, -0.15) is 0 Å². The molecular formula is C18H24N2O. The maximum atomic E-state index is 5.86. The molecule has 1 aromatic heterocycles. The first-order valence-electron chi connectivity index (χ1n) is 8.00. The second-order valence-corrected chi connectivity index (χ2v) is 5.85. The van der Waals surface area contributed by atoms with E-state index in [0.29, 0.717) is 12.1 Å².